The quantitative estimate of drug-likeness (QED) is 0.615. The fourth-order valence-electron chi connectivity index (χ4n) is 1.84. The minimum Gasteiger partial charge on any atom is -0.145 e. The van der Waals surface area contributed by atoms with Gasteiger partial charge in [0, 0.05) is 9.75 Å². The first-order valence-corrected chi connectivity index (χ1v) is 9.53. The van der Waals surface area contributed by atoms with Gasteiger partial charge in [-0.15, -0.1) is 11.3 Å². The van der Waals surface area contributed by atoms with E-state index in [1.54, 1.807) is 15.1 Å². The van der Waals surface area contributed by atoms with Crippen molar-refractivity contribution in [2.45, 2.75) is 52.4 Å². The largest absolute Gasteiger partial charge is 0.145 e. The second-order valence-corrected chi connectivity index (χ2v) is 8.11. The van der Waals surface area contributed by atoms with Gasteiger partial charge in [-0.25, -0.2) is 0 Å². The molecule has 0 radical (unpaired) electrons. The molecule has 0 aromatic carbocycles. The van der Waals surface area contributed by atoms with Gasteiger partial charge in [-0.05, 0) is 50.4 Å². The highest BCUT2D eigenvalue weighted by atomic mass is 32.1. The van der Waals surface area contributed by atoms with Crippen molar-refractivity contribution in [2.24, 2.45) is 0 Å². The topological polar surface area (TPSA) is 0 Å². The van der Waals surface area contributed by atoms with Gasteiger partial charge in [0.2, 0.25) is 0 Å². The van der Waals surface area contributed by atoms with Crippen LogP contribution in [0.4, 0.5) is 0 Å². The maximum Gasteiger partial charge on any atom is 0.0125 e. The summed E-state index contributed by atoms with van der Waals surface area (Å²) in [5, 5.41) is 1.68. The van der Waals surface area contributed by atoms with Crippen LogP contribution >= 0.6 is 19.3 Å². The second kappa shape index (κ2) is 7.45. The Morgan fingerprint density at radius 1 is 1.06 bits per heavy atom. The van der Waals surface area contributed by atoms with Crippen LogP contribution in [0, 0.1) is 0 Å². The maximum absolute atomic E-state index is 2.50. The molecule has 2 heteroatoms. The van der Waals surface area contributed by atoms with Crippen LogP contribution in [0.25, 0.3) is 0 Å². The van der Waals surface area contributed by atoms with E-state index in [9.17, 15) is 0 Å². The summed E-state index contributed by atoms with van der Waals surface area (Å²) in [4.78, 5) is 3.31. The van der Waals surface area contributed by atoms with Crippen LogP contribution in [0.1, 0.15) is 49.3 Å². The Morgan fingerprint density at radius 2 is 1.69 bits per heavy atom. The molecule has 0 bridgehead atoms. The molecule has 0 N–H and O–H groups in total. The van der Waals surface area contributed by atoms with Crippen LogP contribution in [-0.2, 0) is 12.8 Å². The van der Waals surface area contributed by atoms with Gasteiger partial charge in [-0.3, -0.25) is 0 Å². The summed E-state index contributed by atoms with van der Waals surface area (Å²) < 4.78 is 0. The average Bonchev–Trinajstić information content (AvgIpc) is 2.67. The molecule has 0 nitrogen and oxygen atoms in total. The number of thiophene rings is 1. The molecule has 0 spiro atoms. The zero-order chi connectivity index (χ0) is 12.0. The van der Waals surface area contributed by atoms with Gasteiger partial charge in [-0.2, -0.15) is 0 Å². The van der Waals surface area contributed by atoms with Crippen molar-refractivity contribution in [3.63, 3.8) is 0 Å². The Bertz CT molecular complexity index is 302. The molecule has 0 unspecified atom stereocenters. The molecule has 1 heterocycles. The highest BCUT2D eigenvalue weighted by molar-refractivity contribution is 7.64. The van der Waals surface area contributed by atoms with E-state index in [0.717, 1.165) is 0 Å². The smallest absolute Gasteiger partial charge is 0.0125 e. The highest BCUT2D eigenvalue weighted by Gasteiger charge is 2.11. The first-order valence-electron chi connectivity index (χ1n) is 6.47. The van der Waals surface area contributed by atoms with Crippen LogP contribution in [0.15, 0.2) is 6.07 Å². The third kappa shape index (κ3) is 4.18. The molecule has 0 aliphatic rings. The fraction of sp³-hybridized carbons (Fsp3) is 0.714. The van der Waals surface area contributed by atoms with Crippen LogP contribution < -0.4 is 5.30 Å². The number of rotatable bonds is 7. The van der Waals surface area contributed by atoms with Crippen LogP contribution in [-0.4, -0.2) is 13.3 Å². The van der Waals surface area contributed by atoms with Gasteiger partial charge < -0.3 is 0 Å². The molecule has 1 aromatic heterocycles. The van der Waals surface area contributed by atoms with Gasteiger partial charge in [-0.1, -0.05) is 34.6 Å². The summed E-state index contributed by atoms with van der Waals surface area (Å²) in [6.45, 7) is 9.33. The predicted molar refractivity (Wildman–Crippen MR) is 79.9 cm³/mol. The lowest BCUT2D eigenvalue weighted by Gasteiger charge is -2.06. The normalized spacial score (nSPS) is 11.3. The first kappa shape index (κ1) is 14.2. The maximum atomic E-state index is 2.50. The zero-order valence-electron chi connectivity index (χ0n) is 11.2. The van der Waals surface area contributed by atoms with Gasteiger partial charge in [0.05, 0.1) is 0 Å². The summed E-state index contributed by atoms with van der Waals surface area (Å²) in [6, 6.07) is 2.50. The Balaban J connectivity index is 2.74. The van der Waals surface area contributed by atoms with Crippen LogP contribution in [0.2, 0.25) is 0 Å². The van der Waals surface area contributed by atoms with E-state index in [1.165, 1.54) is 38.5 Å². The monoisotopic (exact) mass is 256 g/mol. The predicted octanol–water partition coefficient (Wildman–Crippen LogP) is 4.80. The lowest BCUT2D eigenvalue weighted by atomic mass is 10.2. The van der Waals surface area contributed by atoms with Gasteiger partial charge in [0.15, 0.2) is 0 Å². The Hall–Kier alpha value is 0.130. The molecule has 0 aliphatic heterocycles. The SMILES string of the molecule is CCCCc1cc(P(C)C)c(CCCC)s1. The van der Waals surface area contributed by atoms with E-state index in [1.807, 2.05) is 0 Å². The molecule has 0 fully saturated rings. The van der Waals surface area contributed by atoms with Crippen LogP contribution in [0.3, 0.4) is 0 Å². The van der Waals surface area contributed by atoms with E-state index < -0.39 is 0 Å². The van der Waals surface area contributed by atoms with E-state index in [-0.39, 0.29) is 7.92 Å². The summed E-state index contributed by atoms with van der Waals surface area (Å²) in [6.07, 6.45) is 7.92. The van der Waals surface area contributed by atoms with Crippen molar-refractivity contribution in [3.05, 3.63) is 15.8 Å². The van der Waals surface area contributed by atoms with Crippen molar-refractivity contribution in [1.29, 1.82) is 0 Å². The third-order valence-corrected chi connectivity index (χ3v) is 5.62. The summed E-state index contributed by atoms with van der Waals surface area (Å²) in [5.74, 6) is 0. The Kier molecular flexibility index (Phi) is 6.61. The lowest BCUT2D eigenvalue weighted by Crippen LogP contribution is -2.02. The summed E-state index contributed by atoms with van der Waals surface area (Å²) in [5.41, 5.74) is 0. The number of unbranched alkanes of at least 4 members (excludes halogenated alkanes) is 2. The molecule has 0 saturated heterocycles. The first-order chi connectivity index (χ1) is 7.69. The zero-order valence-corrected chi connectivity index (χ0v) is 12.9. The number of hydrogen-bond donors (Lipinski definition) is 0. The van der Waals surface area contributed by atoms with Crippen molar-refractivity contribution in [3.8, 4) is 0 Å². The molecule has 0 amide bonds. The molecule has 16 heavy (non-hydrogen) atoms. The van der Waals surface area contributed by atoms with Gasteiger partial charge >= 0.3 is 0 Å². The number of aryl methyl sites for hydroxylation is 2. The molecular formula is C14H25PS. The molecule has 1 rings (SSSR count). The Morgan fingerprint density at radius 3 is 2.25 bits per heavy atom. The third-order valence-electron chi connectivity index (χ3n) is 2.85. The van der Waals surface area contributed by atoms with Crippen LogP contribution in [0.5, 0.6) is 0 Å². The Labute approximate surface area is 106 Å². The summed E-state index contributed by atoms with van der Waals surface area (Å²) >= 11 is 2.08. The molecule has 1 aromatic rings. The van der Waals surface area contributed by atoms with Crippen molar-refractivity contribution >= 4 is 24.6 Å². The molecular weight excluding hydrogens is 231 g/mol. The van der Waals surface area contributed by atoms with Gasteiger partial charge in [0.25, 0.3) is 0 Å². The van der Waals surface area contributed by atoms with Crippen molar-refractivity contribution < 1.29 is 0 Å². The summed E-state index contributed by atoms with van der Waals surface area (Å²) in [7, 11) is 0.0833. The molecule has 0 atom stereocenters. The van der Waals surface area contributed by atoms with Gasteiger partial charge in [0.1, 0.15) is 0 Å². The lowest BCUT2D eigenvalue weighted by molar-refractivity contribution is 0.803. The van der Waals surface area contributed by atoms with E-state index in [0.29, 0.717) is 0 Å². The molecule has 0 aliphatic carbocycles. The van der Waals surface area contributed by atoms with E-state index >= 15 is 0 Å². The minimum absolute atomic E-state index is 0.0833. The van der Waals surface area contributed by atoms with Crippen molar-refractivity contribution in [2.75, 3.05) is 13.3 Å². The number of hydrogen-bond acceptors (Lipinski definition) is 1. The molecule has 0 saturated carbocycles. The fourth-order valence-corrected chi connectivity index (χ4v) is 4.79. The minimum atomic E-state index is 0.0833. The molecule has 92 valence electrons. The van der Waals surface area contributed by atoms with Crippen molar-refractivity contribution in [1.82, 2.24) is 0 Å². The average molecular weight is 256 g/mol. The standard InChI is InChI=1S/C14H25PS/c1-5-7-9-12-11-13(15(3)4)14(16-12)10-8-6-2/h11H,5-10H2,1-4H3. The van der Waals surface area contributed by atoms with E-state index in [4.69, 9.17) is 0 Å². The second-order valence-electron chi connectivity index (χ2n) is 4.62. The highest BCUT2D eigenvalue weighted by Crippen LogP contribution is 2.32. The van der Waals surface area contributed by atoms with E-state index in [2.05, 4.69) is 44.6 Å².